The highest BCUT2D eigenvalue weighted by Gasteiger charge is 2.19. The van der Waals surface area contributed by atoms with Gasteiger partial charge in [0.1, 0.15) is 0 Å². The largest absolute Gasteiger partial charge is 0.196 e. The first-order valence-electron chi connectivity index (χ1n) is 6.59. The quantitative estimate of drug-likeness (QED) is 0.680. The standard InChI is InChI=1S/C8H12N4.C6H12/c1-7(2,5-9)11-12-8(3,4)6-10;1-2-4-6-5-3-1/h1-4H3;1-6H2. The molecule has 0 spiro atoms. The van der Waals surface area contributed by atoms with Crippen LogP contribution in [0.4, 0.5) is 0 Å². The van der Waals surface area contributed by atoms with Crippen LogP contribution >= 0.6 is 0 Å². The average molecular weight is 248 g/mol. The molecule has 0 N–H and O–H groups in total. The lowest BCUT2D eigenvalue weighted by molar-refractivity contribution is 0.504. The zero-order valence-corrected chi connectivity index (χ0v) is 12.0. The molecular weight excluding hydrogens is 224 g/mol. The van der Waals surface area contributed by atoms with Crippen LogP contribution in [-0.4, -0.2) is 11.1 Å². The molecule has 0 amide bonds. The first-order valence-corrected chi connectivity index (χ1v) is 6.59. The predicted molar refractivity (Wildman–Crippen MR) is 71.9 cm³/mol. The van der Waals surface area contributed by atoms with Crippen molar-refractivity contribution in [2.24, 2.45) is 10.2 Å². The maximum atomic E-state index is 8.58. The Kier molecular flexibility index (Phi) is 7.20. The van der Waals surface area contributed by atoms with E-state index in [9.17, 15) is 0 Å². The van der Waals surface area contributed by atoms with E-state index in [4.69, 9.17) is 10.5 Å². The third-order valence-electron chi connectivity index (χ3n) is 2.60. The highest BCUT2D eigenvalue weighted by atomic mass is 15.2. The van der Waals surface area contributed by atoms with Crippen molar-refractivity contribution in [1.29, 1.82) is 10.5 Å². The van der Waals surface area contributed by atoms with Gasteiger partial charge < -0.3 is 0 Å². The minimum Gasteiger partial charge on any atom is -0.196 e. The van der Waals surface area contributed by atoms with E-state index < -0.39 is 11.1 Å². The fourth-order valence-electron chi connectivity index (χ4n) is 1.36. The van der Waals surface area contributed by atoms with Crippen molar-refractivity contribution < 1.29 is 0 Å². The van der Waals surface area contributed by atoms with Crippen molar-refractivity contribution in [3.05, 3.63) is 0 Å². The molecule has 0 aromatic heterocycles. The van der Waals surface area contributed by atoms with Gasteiger partial charge in [-0.3, -0.25) is 0 Å². The lowest BCUT2D eigenvalue weighted by Gasteiger charge is -2.11. The van der Waals surface area contributed by atoms with Crippen LogP contribution in [0.3, 0.4) is 0 Å². The molecule has 0 bridgehead atoms. The third-order valence-corrected chi connectivity index (χ3v) is 2.60. The zero-order valence-electron chi connectivity index (χ0n) is 12.0. The first-order chi connectivity index (χ1) is 8.33. The fourth-order valence-corrected chi connectivity index (χ4v) is 1.36. The van der Waals surface area contributed by atoms with Crippen LogP contribution in [0.1, 0.15) is 66.2 Å². The van der Waals surface area contributed by atoms with Gasteiger partial charge in [-0.25, -0.2) is 0 Å². The maximum absolute atomic E-state index is 8.58. The van der Waals surface area contributed by atoms with E-state index in [1.165, 1.54) is 38.5 Å². The summed E-state index contributed by atoms with van der Waals surface area (Å²) < 4.78 is 0. The van der Waals surface area contributed by atoms with Crippen molar-refractivity contribution >= 4 is 0 Å². The summed E-state index contributed by atoms with van der Waals surface area (Å²) >= 11 is 0. The van der Waals surface area contributed by atoms with E-state index in [2.05, 4.69) is 10.2 Å². The van der Waals surface area contributed by atoms with Gasteiger partial charge in [0.05, 0.1) is 12.1 Å². The molecule has 4 heteroatoms. The molecule has 0 aliphatic heterocycles. The molecule has 1 aliphatic rings. The monoisotopic (exact) mass is 248 g/mol. The van der Waals surface area contributed by atoms with Crippen molar-refractivity contribution in [2.45, 2.75) is 77.3 Å². The highest BCUT2D eigenvalue weighted by molar-refractivity contribution is 5.03. The molecule has 1 rings (SSSR count). The lowest BCUT2D eigenvalue weighted by Crippen LogP contribution is -2.17. The van der Waals surface area contributed by atoms with E-state index in [0.29, 0.717) is 0 Å². The third kappa shape index (κ3) is 8.70. The second kappa shape index (κ2) is 7.82. The zero-order chi connectivity index (χ0) is 14.1. The fraction of sp³-hybridized carbons (Fsp3) is 0.857. The molecule has 0 unspecified atom stereocenters. The van der Waals surface area contributed by atoms with E-state index in [0.717, 1.165) is 0 Å². The lowest BCUT2D eigenvalue weighted by atomic mass is 10.0. The van der Waals surface area contributed by atoms with Crippen molar-refractivity contribution in [1.82, 2.24) is 0 Å². The Morgan fingerprint density at radius 3 is 1.06 bits per heavy atom. The van der Waals surface area contributed by atoms with Gasteiger partial charge in [0.25, 0.3) is 0 Å². The van der Waals surface area contributed by atoms with Crippen LogP contribution < -0.4 is 0 Å². The van der Waals surface area contributed by atoms with Crippen LogP contribution in [0.2, 0.25) is 0 Å². The summed E-state index contributed by atoms with van der Waals surface area (Å²) in [7, 11) is 0. The van der Waals surface area contributed by atoms with Crippen molar-refractivity contribution in [3.8, 4) is 12.1 Å². The number of nitriles is 2. The Morgan fingerprint density at radius 1 is 0.667 bits per heavy atom. The van der Waals surface area contributed by atoms with E-state index in [1.807, 2.05) is 12.1 Å². The molecule has 0 heterocycles. The van der Waals surface area contributed by atoms with Gasteiger partial charge in [-0.15, -0.1) is 0 Å². The Bertz CT molecular complexity index is 298. The van der Waals surface area contributed by atoms with Crippen LogP contribution in [0.15, 0.2) is 10.2 Å². The van der Waals surface area contributed by atoms with Crippen LogP contribution in [-0.2, 0) is 0 Å². The van der Waals surface area contributed by atoms with Crippen LogP contribution in [0.25, 0.3) is 0 Å². The smallest absolute Gasteiger partial charge is 0.162 e. The molecule has 0 aromatic carbocycles. The predicted octanol–water partition coefficient (Wildman–Crippen LogP) is 4.38. The number of hydrogen-bond donors (Lipinski definition) is 0. The van der Waals surface area contributed by atoms with Gasteiger partial charge in [0.15, 0.2) is 11.1 Å². The molecular formula is C14H24N4. The molecule has 1 saturated carbocycles. The molecule has 0 aromatic rings. The van der Waals surface area contributed by atoms with Crippen molar-refractivity contribution in [3.63, 3.8) is 0 Å². The van der Waals surface area contributed by atoms with Crippen LogP contribution in [0, 0.1) is 22.7 Å². The first kappa shape index (κ1) is 16.6. The molecule has 0 saturated heterocycles. The van der Waals surface area contributed by atoms with E-state index in [1.54, 1.807) is 27.7 Å². The van der Waals surface area contributed by atoms with Crippen LogP contribution in [0.5, 0.6) is 0 Å². The van der Waals surface area contributed by atoms with E-state index in [-0.39, 0.29) is 0 Å². The van der Waals surface area contributed by atoms with Crippen molar-refractivity contribution in [2.75, 3.05) is 0 Å². The molecule has 18 heavy (non-hydrogen) atoms. The van der Waals surface area contributed by atoms with Gasteiger partial charge in [-0.05, 0) is 27.7 Å². The average Bonchev–Trinajstić information content (AvgIpc) is 2.40. The maximum Gasteiger partial charge on any atom is 0.162 e. The SMILES string of the molecule is C1CCCCC1.CC(C)(C#N)N=NC(C)(C)C#N. The number of azo groups is 1. The normalized spacial score (nSPS) is 16.3. The van der Waals surface area contributed by atoms with Gasteiger partial charge in [-0.2, -0.15) is 20.8 Å². The molecule has 0 radical (unpaired) electrons. The summed E-state index contributed by atoms with van der Waals surface area (Å²) in [5, 5.41) is 24.7. The number of nitrogens with zero attached hydrogens (tertiary/aromatic N) is 4. The summed E-state index contributed by atoms with van der Waals surface area (Å²) in [5.41, 5.74) is -1.68. The summed E-state index contributed by atoms with van der Waals surface area (Å²) in [5.74, 6) is 0. The molecule has 100 valence electrons. The minimum atomic E-state index is -0.839. The molecule has 4 nitrogen and oxygen atoms in total. The Morgan fingerprint density at radius 2 is 0.889 bits per heavy atom. The summed E-state index contributed by atoms with van der Waals surface area (Å²) in [6.45, 7) is 6.57. The summed E-state index contributed by atoms with van der Waals surface area (Å²) in [6, 6.07) is 3.94. The Hall–Kier alpha value is -1.42. The van der Waals surface area contributed by atoms with Gasteiger partial charge in [0, 0.05) is 0 Å². The van der Waals surface area contributed by atoms with Gasteiger partial charge >= 0.3 is 0 Å². The molecule has 0 atom stereocenters. The second-order valence-electron chi connectivity index (χ2n) is 5.66. The molecule has 1 aliphatic carbocycles. The highest BCUT2D eigenvalue weighted by Crippen LogP contribution is 2.15. The second-order valence-corrected chi connectivity index (χ2v) is 5.66. The topological polar surface area (TPSA) is 72.3 Å². The Labute approximate surface area is 111 Å². The minimum absolute atomic E-state index is 0.839. The number of hydrogen-bond acceptors (Lipinski definition) is 4. The summed E-state index contributed by atoms with van der Waals surface area (Å²) in [4.78, 5) is 0. The summed E-state index contributed by atoms with van der Waals surface area (Å²) in [6.07, 6.45) is 9.00. The molecule has 1 fully saturated rings. The van der Waals surface area contributed by atoms with Gasteiger partial charge in [0.2, 0.25) is 0 Å². The van der Waals surface area contributed by atoms with Gasteiger partial charge in [-0.1, -0.05) is 38.5 Å². The van der Waals surface area contributed by atoms with E-state index >= 15 is 0 Å². The number of rotatable bonds is 2. The Balaban J connectivity index is 0.000000397.